The van der Waals surface area contributed by atoms with Gasteiger partial charge in [0.15, 0.2) is 0 Å². The van der Waals surface area contributed by atoms with Crippen LogP contribution in [-0.4, -0.2) is 34.4 Å². The lowest BCUT2D eigenvalue weighted by molar-refractivity contribution is 0.150. The van der Waals surface area contributed by atoms with Gasteiger partial charge >= 0.3 is 23.4 Å². The van der Waals surface area contributed by atoms with Crippen LogP contribution in [0.2, 0.25) is 0 Å². The lowest BCUT2D eigenvalue weighted by Gasteiger charge is -2.09. The molecule has 1 aromatic heterocycles. The summed E-state index contributed by atoms with van der Waals surface area (Å²) in [5.41, 5.74) is -2.73. The summed E-state index contributed by atoms with van der Waals surface area (Å²) in [7, 11) is 0. The van der Waals surface area contributed by atoms with E-state index in [0.29, 0.717) is 23.7 Å². The third-order valence-corrected chi connectivity index (χ3v) is 3.02. The zero-order chi connectivity index (χ0) is 17.4. The monoisotopic (exact) mass is 329 g/mol. The molecule has 0 aliphatic carbocycles. The Morgan fingerprint density at radius 1 is 1.22 bits per heavy atom. The van der Waals surface area contributed by atoms with Crippen molar-refractivity contribution >= 4 is 12.1 Å². The minimum atomic E-state index is -1.46. The van der Waals surface area contributed by atoms with Crippen LogP contribution in [0.15, 0.2) is 15.8 Å². The summed E-state index contributed by atoms with van der Waals surface area (Å²) in [6.07, 6.45) is 2.78. The highest BCUT2D eigenvalue weighted by Crippen LogP contribution is 1.97. The number of amides is 1. The molecule has 0 aromatic carbocycles. The number of aromatic nitrogens is 2. The van der Waals surface area contributed by atoms with Gasteiger partial charge in [0.25, 0.3) is 0 Å². The Balaban J connectivity index is 2.99. The molecular formula is C14H20FN3O5. The van der Waals surface area contributed by atoms with E-state index in [0.717, 1.165) is 19.3 Å². The molecule has 0 atom stereocenters. The molecule has 1 aromatic rings. The molecule has 1 heterocycles. The zero-order valence-electron chi connectivity index (χ0n) is 13.1. The molecule has 0 saturated carbocycles. The highest BCUT2D eigenvalue weighted by molar-refractivity contribution is 5.77. The molecule has 0 spiro atoms. The van der Waals surface area contributed by atoms with E-state index in [9.17, 15) is 23.6 Å². The van der Waals surface area contributed by atoms with E-state index >= 15 is 0 Å². The predicted octanol–water partition coefficient (Wildman–Crippen LogP) is 1.29. The van der Waals surface area contributed by atoms with Gasteiger partial charge in [-0.15, -0.1) is 0 Å². The quantitative estimate of drug-likeness (QED) is 0.793. The summed E-state index contributed by atoms with van der Waals surface area (Å²) in [6.45, 7) is 3.69. The third-order valence-electron chi connectivity index (χ3n) is 3.02. The normalized spacial score (nSPS) is 10.4. The fourth-order valence-corrected chi connectivity index (χ4v) is 1.85. The van der Waals surface area contributed by atoms with Crippen molar-refractivity contribution in [2.75, 3.05) is 13.2 Å². The largest absolute Gasteiger partial charge is 0.449 e. The molecule has 128 valence electrons. The number of halogens is 1. The van der Waals surface area contributed by atoms with Gasteiger partial charge in [0.05, 0.1) is 12.8 Å². The number of nitrogens with one attached hydrogen (secondary N) is 1. The van der Waals surface area contributed by atoms with Gasteiger partial charge in [-0.3, -0.25) is 4.79 Å². The second-order valence-corrected chi connectivity index (χ2v) is 4.76. The lowest BCUT2D eigenvalue weighted by atomic mass is 10.2. The van der Waals surface area contributed by atoms with E-state index in [1.807, 2.05) is 6.92 Å². The van der Waals surface area contributed by atoms with Crippen LogP contribution < -0.4 is 16.6 Å². The van der Waals surface area contributed by atoms with Gasteiger partial charge in [0, 0.05) is 6.54 Å². The molecule has 23 heavy (non-hydrogen) atoms. The molecule has 0 unspecified atom stereocenters. The van der Waals surface area contributed by atoms with E-state index in [-0.39, 0.29) is 11.2 Å². The van der Waals surface area contributed by atoms with Crippen LogP contribution in [0.5, 0.6) is 0 Å². The van der Waals surface area contributed by atoms with Crippen LogP contribution in [0.1, 0.15) is 39.5 Å². The lowest BCUT2D eigenvalue weighted by Crippen LogP contribution is -2.49. The number of nitrogens with zero attached hydrogens (tertiary/aromatic N) is 2. The maximum Gasteiger partial charge on any atom is 0.425 e. The van der Waals surface area contributed by atoms with Gasteiger partial charge in [0.2, 0.25) is 5.82 Å². The Labute approximate surface area is 131 Å². The van der Waals surface area contributed by atoms with Crippen molar-refractivity contribution in [2.45, 2.75) is 39.5 Å². The summed E-state index contributed by atoms with van der Waals surface area (Å²) < 4.78 is 18.4. The van der Waals surface area contributed by atoms with Gasteiger partial charge < -0.3 is 10.1 Å². The zero-order valence-corrected chi connectivity index (χ0v) is 13.1. The summed E-state index contributed by atoms with van der Waals surface area (Å²) in [5.74, 6) is -1.40. The Hall–Kier alpha value is -2.45. The molecule has 0 fully saturated rings. The molecule has 0 bridgehead atoms. The first-order valence-corrected chi connectivity index (χ1v) is 7.43. The van der Waals surface area contributed by atoms with E-state index in [2.05, 4.69) is 10.1 Å². The van der Waals surface area contributed by atoms with Crippen LogP contribution in [0.25, 0.3) is 0 Å². The summed E-state index contributed by atoms with van der Waals surface area (Å²) >= 11 is 0. The van der Waals surface area contributed by atoms with Crippen LogP contribution in [0.4, 0.5) is 14.0 Å². The van der Waals surface area contributed by atoms with Gasteiger partial charge in [0.1, 0.15) is 0 Å². The summed E-state index contributed by atoms with van der Waals surface area (Å²) in [4.78, 5) is 47.1. The minimum absolute atomic E-state index is 0.0461. The molecule has 0 aliphatic heterocycles. The van der Waals surface area contributed by atoms with Crippen molar-refractivity contribution in [1.82, 2.24) is 14.5 Å². The van der Waals surface area contributed by atoms with Gasteiger partial charge in [-0.2, -0.15) is 8.96 Å². The van der Waals surface area contributed by atoms with Gasteiger partial charge in [-0.1, -0.05) is 26.2 Å². The first-order chi connectivity index (χ1) is 10.9. The third kappa shape index (κ3) is 4.76. The topological polar surface area (TPSA) is 99.4 Å². The average Bonchev–Trinajstić information content (AvgIpc) is 2.51. The van der Waals surface area contributed by atoms with Crippen LogP contribution >= 0.6 is 0 Å². The van der Waals surface area contributed by atoms with E-state index < -0.39 is 29.2 Å². The highest BCUT2D eigenvalue weighted by Gasteiger charge is 2.21. The molecule has 0 saturated heterocycles. The molecule has 8 nitrogen and oxygen atoms in total. The van der Waals surface area contributed by atoms with Crippen molar-refractivity contribution in [3.8, 4) is 0 Å². The predicted molar refractivity (Wildman–Crippen MR) is 80.3 cm³/mol. The number of carbonyl (C=O) groups is 2. The molecule has 1 amide bonds. The number of hydrogen-bond acceptors (Lipinski definition) is 5. The van der Waals surface area contributed by atoms with Gasteiger partial charge in [-0.25, -0.2) is 19.0 Å². The minimum Gasteiger partial charge on any atom is -0.449 e. The smallest absolute Gasteiger partial charge is 0.425 e. The Morgan fingerprint density at radius 3 is 2.52 bits per heavy atom. The first kappa shape index (κ1) is 18.6. The van der Waals surface area contributed by atoms with Crippen molar-refractivity contribution in [3.05, 3.63) is 32.9 Å². The molecule has 0 radical (unpaired) electrons. The van der Waals surface area contributed by atoms with E-state index in [1.165, 1.54) is 6.92 Å². The average molecular weight is 329 g/mol. The maximum absolute atomic E-state index is 13.6. The Bertz CT molecular complexity index is 680. The van der Waals surface area contributed by atoms with Crippen LogP contribution in [0.3, 0.4) is 0 Å². The molecule has 1 rings (SSSR count). The molecule has 0 aliphatic rings. The standard InChI is InChI=1S/C14H20FN3O5/c1-3-5-6-7-8-16-12(20)17-9-10(15)11(19)18(13(17)21)14(22)23-4-2/h9H,3-8H2,1-2H3,(H,16,20). The number of hydrogen-bond donors (Lipinski definition) is 1. The number of carbonyl (C=O) groups excluding carboxylic acids is 2. The fourth-order valence-electron chi connectivity index (χ4n) is 1.85. The van der Waals surface area contributed by atoms with Crippen molar-refractivity contribution in [2.24, 2.45) is 0 Å². The molecule has 9 heteroatoms. The van der Waals surface area contributed by atoms with Crippen molar-refractivity contribution in [1.29, 1.82) is 0 Å². The highest BCUT2D eigenvalue weighted by atomic mass is 19.1. The Morgan fingerprint density at radius 2 is 1.91 bits per heavy atom. The SMILES string of the molecule is CCCCCCNC(=O)n1cc(F)c(=O)n(C(=O)OCC)c1=O. The summed E-state index contributed by atoms with van der Waals surface area (Å²) in [5, 5.41) is 2.43. The molecule has 1 N–H and O–H groups in total. The first-order valence-electron chi connectivity index (χ1n) is 7.43. The van der Waals surface area contributed by atoms with Crippen LogP contribution in [-0.2, 0) is 4.74 Å². The number of unbranched alkanes of at least 4 members (excludes halogenated alkanes) is 3. The Kier molecular flexibility index (Phi) is 7.17. The second-order valence-electron chi connectivity index (χ2n) is 4.76. The maximum atomic E-state index is 13.6. The van der Waals surface area contributed by atoms with E-state index in [1.54, 1.807) is 0 Å². The van der Waals surface area contributed by atoms with Crippen molar-refractivity contribution < 1.29 is 18.7 Å². The van der Waals surface area contributed by atoms with Crippen molar-refractivity contribution in [3.63, 3.8) is 0 Å². The number of ether oxygens (including phenoxy) is 1. The van der Waals surface area contributed by atoms with Gasteiger partial charge in [-0.05, 0) is 13.3 Å². The summed E-state index contributed by atoms with van der Waals surface area (Å²) in [6, 6.07) is -0.913. The number of rotatable bonds is 6. The fraction of sp³-hybridized carbons (Fsp3) is 0.571. The second kappa shape index (κ2) is 8.86. The molecular weight excluding hydrogens is 309 g/mol. The van der Waals surface area contributed by atoms with Crippen LogP contribution in [0, 0.1) is 5.82 Å². The van der Waals surface area contributed by atoms with E-state index in [4.69, 9.17) is 0 Å².